The molecular weight excluding hydrogens is 470 g/mol. The molecule has 1 aromatic carbocycles. The lowest BCUT2D eigenvalue weighted by molar-refractivity contribution is -0.138. The minimum atomic E-state index is -1.08. The van der Waals surface area contributed by atoms with Crippen LogP contribution in [0.2, 0.25) is 0 Å². The van der Waals surface area contributed by atoms with Gasteiger partial charge in [0.1, 0.15) is 16.6 Å². The van der Waals surface area contributed by atoms with Crippen LogP contribution in [-0.4, -0.2) is 53.8 Å². The smallest absolute Gasteiger partial charge is 0.305 e. The SMILES string of the molecule is CC(C)N1C(=O)c2c(O)c(=O)c(-c3nnc(Cc4ccc(F)cc4F)s3)cn2CC1CC(=O)O. The van der Waals surface area contributed by atoms with Gasteiger partial charge in [0.2, 0.25) is 5.43 Å². The minimum Gasteiger partial charge on any atom is -0.503 e. The number of amides is 1. The summed E-state index contributed by atoms with van der Waals surface area (Å²) in [5.74, 6) is -3.93. The third-order valence-electron chi connectivity index (χ3n) is 5.51. The first-order chi connectivity index (χ1) is 16.1. The number of benzene rings is 1. The Kier molecular flexibility index (Phi) is 6.17. The summed E-state index contributed by atoms with van der Waals surface area (Å²) in [6.45, 7) is 3.50. The predicted octanol–water partition coefficient (Wildman–Crippen LogP) is 2.65. The van der Waals surface area contributed by atoms with Gasteiger partial charge in [0, 0.05) is 31.3 Å². The highest BCUT2D eigenvalue weighted by Crippen LogP contribution is 2.30. The number of hydrogen-bond donors (Lipinski definition) is 2. The molecule has 0 spiro atoms. The van der Waals surface area contributed by atoms with Crippen molar-refractivity contribution < 1.29 is 28.6 Å². The molecule has 0 radical (unpaired) electrons. The van der Waals surface area contributed by atoms with Gasteiger partial charge in [-0.3, -0.25) is 14.4 Å². The third-order valence-corrected chi connectivity index (χ3v) is 6.47. The lowest BCUT2D eigenvalue weighted by Gasteiger charge is -2.39. The number of rotatable bonds is 6. The Balaban J connectivity index is 1.72. The first-order valence-electron chi connectivity index (χ1n) is 10.3. The summed E-state index contributed by atoms with van der Waals surface area (Å²) in [6.07, 6.45) is 1.06. The number of carboxylic acid groups (broad SMARTS) is 1. The van der Waals surface area contributed by atoms with Crippen LogP contribution in [0.15, 0.2) is 29.2 Å². The number of halogens is 2. The molecule has 12 heteroatoms. The van der Waals surface area contributed by atoms with Gasteiger partial charge in [0.15, 0.2) is 16.5 Å². The Morgan fingerprint density at radius 2 is 2.00 bits per heavy atom. The second-order valence-electron chi connectivity index (χ2n) is 8.19. The van der Waals surface area contributed by atoms with Gasteiger partial charge in [0.05, 0.1) is 18.0 Å². The van der Waals surface area contributed by atoms with Gasteiger partial charge in [-0.15, -0.1) is 10.2 Å². The van der Waals surface area contributed by atoms with Crippen LogP contribution in [-0.2, 0) is 17.8 Å². The zero-order valence-corrected chi connectivity index (χ0v) is 19.0. The summed E-state index contributed by atoms with van der Waals surface area (Å²) in [5.41, 5.74) is -0.868. The zero-order valence-electron chi connectivity index (χ0n) is 18.2. The van der Waals surface area contributed by atoms with Crippen molar-refractivity contribution in [2.24, 2.45) is 0 Å². The van der Waals surface area contributed by atoms with Gasteiger partial charge in [-0.1, -0.05) is 17.4 Å². The van der Waals surface area contributed by atoms with Crippen molar-refractivity contribution in [3.8, 4) is 16.3 Å². The fourth-order valence-corrected chi connectivity index (χ4v) is 4.93. The number of carboxylic acids is 1. The number of fused-ring (bicyclic) bond motifs is 1. The Morgan fingerprint density at radius 3 is 2.65 bits per heavy atom. The molecule has 0 fully saturated rings. The second kappa shape index (κ2) is 8.93. The number of pyridine rings is 1. The van der Waals surface area contributed by atoms with Crippen LogP contribution < -0.4 is 5.43 Å². The van der Waals surface area contributed by atoms with E-state index in [0.29, 0.717) is 5.01 Å². The van der Waals surface area contributed by atoms with E-state index in [1.54, 1.807) is 13.8 Å². The summed E-state index contributed by atoms with van der Waals surface area (Å²) in [5, 5.41) is 28.3. The molecule has 0 aliphatic carbocycles. The van der Waals surface area contributed by atoms with Gasteiger partial charge in [-0.2, -0.15) is 0 Å². The number of aromatic hydroxyl groups is 1. The van der Waals surface area contributed by atoms with Crippen molar-refractivity contribution >= 4 is 23.2 Å². The molecule has 0 saturated heterocycles. The molecule has 2 N–H and O–H groups in total. The van der Waals surface area contributed by atoms with Crippen LogP contribution >= 0.6 is 11.3 Å². The Hall–Kier alpha value is -3.67. The topological polar surface area (TPSA) is 126 Å². The fraction of sp³-hybridized carbons (Fsp3) is 0.318. The van der Waals surface area contributed by atoms with Gasteiger partial charge in [0.25, 0.3) is 5.91 Å². The van der Waals surface area contributed by atoms with Crippen molar-refractivity contribution in [2.75, 3.05) is 0 Å². The molecule has 3 aromatic rings. The second-order valence-corrected chi connectivity index (χ2v) is 9.25. The molecule has 178 valence electrons. The first kappa shape index (κ1) is 23.5. The van der Waals surface area contributed by atoms with Gasteiger partial charge >= 0.3 is 5.97 Å². The number of hydrogen-bond acceptors (Lipinski definition) is 7. The van der Waals surface area contributed by atoms with E-state index in [-0.39, 0.29) is 47.3 Å². The minimum absolute atomic E-state index is 0.0184. The maximum atomic E-state index is 14.0. The van der Waals surface area contributed by atoms with Crippen LogP contribution in [0.4, 0.5) is 8.78 Å². The van der Waals surface area contributed by atoms with E-state index in [1.165, 1.54) is 21.7 Å². The first-order valence-corrected chi connectivity index (χ1v) is 11.2. The maximum Gasteiger partial charge on any atom is 0.305 e. The molecule has 0 bridgehead atoms. The Labute approximate surface area is 195 Å². The highest BCUT2D eigenvalue weighted by Gasteiger charge is 2.38. The van der Waals surface area contributed by atoms with E-state index < -0.39 is 40.7 Å². The largest absolute Gasteiger partial charge is 0.503 e. The van der Waals surface area contributed by atoms with Crippen molar-refractivity contribution in [3.63, 3.8) is 0 Å². The van der Waals surface area contributed by atoms with Crippen LogP contribution in [0, 0.1) is 11.6 Å². The molecule has 1 aliphatic heterocycles. The number of nitrogens with zero attached hydrogens (tertiary/aromatic N) is 4. The summed E-state index contributed by atoms with van der Waals surface area (Å²) in [7, 11) is 0. The van der Waals surface area contributed by atoms with Crippen LogP contribution in [0.25, 0.3) is 10.6 Å². The number of aliphatic carboxylic acids is 1. The lowest BCUT2D eigenvalue weighted by Crippen LogP contribution is -2.52. The molecule has 3 heterocycles. The average molecular weight is 490 g/mol. The summed E-state index contributed by atoms with van der Waals surface area (Å²) >= 11 is 0.988. The summed E-state index contributed by atoms with van der Waals surface area (Å²) in [6, 6.07) is 2.14. The molecule has 1 amide bonds. The van der Waals surface area contributed by atoms with E-state index >= 15 is 0 Å². The molecule has 4 rings (SSSR count). The lowest BCUT2D eigenvalue weighted by atomic mass is 10.0. The molecule has 1 atom stereocenters. The normalized spacial score (nSPS) is 15.6. The standard InChI is InChI=1S/C22H20F2N4O5S/c1-10(2)28-13(7-17(29)30)8-27-9-14(19(31)20(32)18(27)22(28)33)21-26-25-16(34-21)5-11-3-4-12(23)6-15(11)24/h3-4,6,9-10,13,32H,5,7-8H2,1-2H3,(H,29,30). The Morgan fingerprint density at radius 1 is 1.26 bits per heavy atom. The highest BCUT2D eigenvalue weighted by molar-refractivity contribution is 7.14. The van der Waals surface area contributed by atoms with Gasteiger partial charge < -0.3 is 19.7 Å². The predicted molar refractivity (Wildman–Crippen MR) is 118 cm³/mol. The van der Waals surface area contributed by atoms with Gasteiger partial charge in [-0.05, 0) is 25.5 Å². The summed E-state index contributed by atoms with van der Waals surface area (Å²) in [4.78, 5) is 38.6. The van der Waals surface area contributed by atoms with Crippen LogP contribution in [0.3, 0.4) is 0 Å². The quantitative estimate of drug-likeness (QED) is 0.544. The van der Waals surface area contributed by atoms with Gasteiger partial charge in [-0.25, -0.2) is 8.78 Å². The zero-order chi connectivity index (χ0) is 24.7. The maximum absolute atomic E-state index is 14.0. The van der Waals surface area contributed by atoms with E-state index in [1.807, 2.05) is 0 Å². The molecule has 0 saturated carbocycles. The molecule has 9 nitrogen and oxygen atoms in total. The molecule has 1 aliphatic rings. The summed E-state index contributed by atoms with van der Waals surface area (Å²) < 4.78 is 28.5. The molecule has 1 unspecified atom stereocenters. The number of carbonyl (C=O) groups is 2. The van der Waals surface area contributed by atoms with E-state index in [4.69, 9.17) is 0 Å². The van der Waals surface area contributed by atoms with Crippen LogP contribution in [0.1, 0.15) is 41.3 Å². The number of aromatic nitrogens is 3. The Bertz CT molecular complexity index is 1350. The molecular formula is C22H20F2N4O5S. The van der Waals surface area contributed by atoms with Crippen molar-refractivity contribution in [1.29, 1.82) is 0 Å². The third kappa shape index (κ3) is 4.28. The fourth-order valence-electron chi connectivity index (χ4n) is 4.06. The van der Waals surface area contributed by atoms with E-state index in [9.17, 15) is 33.4 Å². The van der Waals surface area contributed by atoms with Crippen molar-refractivity contribution in [2.45, 2.75) is 45.3 Å². The number of carbonyl (C=O) groups excluding carboxylic acids is 1. The monoisotopic (exact) mass is 490 g/mol. The average Bonchev–Trinajstić information content (AvgIpc) is 3.20. The highest BCUT2D eigenvalue weighted by atomic mass is 32.1. The van der Waals surface area contributed by atoms with Crippen molar-refractivity contribution in [1.82, 2.24) is 19.7 Å². The van der Waals surface area contributed by atoms with E-state index in [2.05, 4.69) is 10.2 Å². The molecule has 34 heavy (non-hydrogen) atoms. The van der Waals surface area contributed by atoms with Crippen LogP contribution in [0.5, 0.6) is 5.75 Å². The van der Waals surface area contributed by atoms with Crippen molar-refractivity contribution in [3.05, 3.63) is 62.5 Å². The molecule has 2 aromatic heterocycles. The van der Waals surface area contributed by atoms with E-state index in [0.717, 1.165) is 23.5 Å².